The van der Waals surface area contributed by atoms with Crippen LogP contribution in [0.5, 0.6) is 5.75 Å². The van der Waals surface area contributed by atoms with Crippen LogP contribution in [0.25, 0.3) is 0 Å². The molecule has 0 saturated carbocycles. The summed E-state index contributed by atoms with van der Waals surface area (Å²) in [6.45, 7) is 1.78. The highest BCUT2D eigenvalue weighted by Gasteiger charge is 2.26. The van der Waals surface area contributed by atoms with E-state index in [4.69, 9.17) is 4.74 Å². The maximum Gasteiger partial charge on any atom is 0.225 e. The topological polar surface area (TPSA) is 70.0 Å². The summed E-state index contributed by atoms with van der Waals surface area (Å²) in [5.41, 5.74) is 1.32. The predicted octanol–water partition coefficient (Wildman–Crippen LogP) is 2.70. The second kappa shape index (κ2) is 8.65. The lowest BCUT2D eigenvalue weighted by Crippen LogP contribution is -2.39. The Hall–Kier alpha value is -2.37. The predicted molar refractivity (Wildman–Crippen MR) is 96.2 cm³/mol. The summed E-state index contributed by atoms with van der Waals surface area (Å²) in [6.07, 6.45) is -1.84. The largest absolute Gasteiger partial charge is 0.496 e. The zero-order valence-electron chi connectivity index (χ0n) is 14.8. The van der Waals surface area contributed by atoms with Crippen molar-refractivity contribution in [2.45, 2.75) is 31.6 Å². The number of aliphatic hydroxyl groups is 2. The van der Waals surface area contributed by atoms with Crippen LogP contribution < -0.4 is 4.74 Å². The first kappa shape index (κ1) is 19.0. The van der Waals surface area contributed by atoms with Gasteiger partial charge in [-0.25, -0.2) is 0 Å². The summed E-state index contributed by atoms with van der Waals surface area (Å²) in [5.74, 6) is 0.295. The Morgan fingerprint density at radius 3 is 2.32 bits per heavy atom. The van der Waals surface area contributed by atoms with Gasteiger partial charge < -0.3 is 19.8 Å². The van der Waals surface area contributed by atoms with Gasteiger partial charge in [0.25, 0.3) is 0 Å². The van der Waals surface area contributed by atoms with Crippen molar-refractivity contribution in [3.05, 3.63) is 65.7 Å². The van der Waals surface area contributed by atoms with E-state index in [0.717, 1.165) is 5.56 Å². The molecule has 0 unspecified atom stereocenters. The molecule has 5 heteroatoms. The first-order chi connectivity index (χ1) is 12.0. The van der Waals surface area contributed by atoms with Gasteiger partial charge in [0.2, 0.25) is 5.91 Å². The van der Waals surface area contributed by atoms with Gasteiger partial charge in [-0.15, -0.1) is 0 Å². The fourth-order valence-electron chi connectivity index (χ4n) is 2.73. The van der Waals surface area contributed by atoms with Crippen LogP contribution in [0, 0.1) is 0 Å². The maximum absolute atomic E-state index is 12.5. The van der Waals surface area contributed by atoms with Crippen LogP contribution in [0.2, 0.25) is 0 Å². The minimum Gasteiger partial charge on any atom is -0.496 e. The molecule has 2 N–H and O–H groups in total. The van der Waals surface area contributed by atoms with Crippen molar-refractivity contribution in [1.82, 2.24) is 4.90 Å². The van der Waals surface area contributed by atoms with Crippen molar-refractivity contribution in [3.8, 4) is 5.75 Å². The second-order valence-electron chi connectivity index (χ2n) is 6.06. The number of aliphatic hydroxyl groups excluding tert-OH is 2. The van der Waals surface area contributed by atoms with Crippen LogP contribution in [-0.4, -0.2) is 41.2 Å². The highest BCUT2D eigenvalue weighted by atomic mass is 16.5. The molecule has 3 atom stereocenters. The third-order valence-corrected chi connectivity index (χ3v) is 4.47. The Balaban J connectivity index is 2.04. The van der Waals surface area contributed by atoms with E-state index in [0.29, 0.717) is 11.3 Å². The highest BCUT2D eigenvalue weighted by molar-refractivity contribution is 5.77. The molecule has 0 fully saturated rings. The lowest BCUT2D eigenvalue weighted by atomic mass is 10.0. The fraction of sp³-hybridized carbons (Fsp3) is 0.350. The molecule has 0 saturated heterocycles. The molecular formula is C20H25NO4. The first-order valence-electron chi connectivity index (χ1n) is 8.25. The van der Waals surface area contributed by atoms with E-state index in [1.165, 1.54) is 12.0 Å². The number of para-hydroxylation sites is 1. The molecule has 134 valence electrons. The molecule has 5 nitrogen and oxygen atoms in total. The summed E-state index contributed by atoms with van der Waals surface area (Å²) < 4.78 is 5.23. The maximum atomic E-state index is 12.5. The first-order valence-corrected chi connectivity index (χ1v) is 8.25. The average molecular weight is 343 g/mol. The van der Waals surface area contributed by atoms with Gasteiger partial charge >= 0.3 is 0 Å². The number of rotatable bonds is 7. The summed E-state index contributed by atoms with van der Waals surface area (Å²) in [6, 6.07) is 15.9. The number of ether oxygens (including phenoxy) is 1. The van der Waals surface area contributed by atoms with Gasteiger partial charge in [0.1, 0.15) is 5.75 Å². The second-order valence-corrected chi connectivity index (χ2v) is 6.06. The number of nitrogens with zero attached hydrogens (tertiary/aromatic N) is 1. The molecule has 0 aromatic heterocycles. The monoisotopic (exact) mass is 343 g/mol. The smallest absolute Gasteiger partial charge is 0.225 e. The van der Waals surface area contributed by atoms with Gasteiger partial charge in [-0.1, -0.05) is 48.5 Å². The van der Waals surface area contributed by atoms with Crippen LogP contribution >= 0.6 is 0 Å². The van der Waals surface area contributed by atoms with Gasteiger partial charge in [-0.05, 0) is 18.6 Å². The molecule has 0 aliphatic carbocycles. The zero-order chi connectivity index (χ0) is 18.4. The molecule has 0 aliphatic rings. The van der Waals surface area contributed by atoms with Crippen molar-refractivity contribution in [2.75, 3.05) is 14.2 Å². The Labute approximate surface area is 148 Å². The third-order valence-electron chi connectivity index (χ3n) is 4.47. The van der Waals surface area contributed by atoms with Gasteiger partial charge in [0, 0.05) is 12.6 Å². The Morgan fingerprint density at radius 1 is 1.08 bits per heavy atom. The number of benzene rings is 2. The molecule has 0 radical (unpaired) electrons. The Morgan fingerprint density at radius 2 is 1.68 bits per heavy atom. The number of carbonyl (C=O) groups is 1. The van der Waals surface area contributed by atoms with E-state index < -0.39 is 18.2 Å². The number of amides is 1. The van der Waals surface area contributed by atoms with Crippen LogP contribution in [0.15, 0.2) is 54.6 Å². The van der Waals surface area contributed by atoms with E-state index in [2.05, 4.69) is 0 Å². The molecular weight excluding hydrogens is 318 g/mol. The number of hydrogen-bond donors (Lipinski definition) is 2. The van der Waals surface area contributed by atoms with Crippen LogP contribution in [0.1, 0.15) is 36.7 Å². The molecule has 25 heavy (non-hydrogen) atoms. The van der Waals surface area contributed by atoms with E-state index in [-0.39, 0.29) is 12.3 Å². The molecule has 0 heterocycles. The van der Waals surface area contributed by atoms with Gasteiger partial charge in [-0.3, -0.25) is 4.79 Å². The average Bonchev–Trinajstić information content (AvgIpc) is 2.66. The third kappa shape index (κ3) is 4.59. The standard InChI is InChI=1S/C20H25NO4/c1-14(20(24)15-9-5-4-6-10-15)21(2)19(23)13-17(22)16-11-7-8-12-18(16)25-3/h4-12,14,17,20,22,24H,13H2,1-3H3/t14-,17+,20+/m0/s1. The van der Waals surface area contributed by atoms with E-state index in [1.54, 1.807) is 38.2 Å². The molecule has 0 aliphatic heterocycles. The zero-order valence-corrected chi connectivity index (χ0v) is 14.8. The minimum atomic E-state index is -0.966. The van der Waals surface area contributed by atoms with Crippen molar-refractivity contribution >= 4 is 5.91 Å². The van der Waals surface area contributed by atoms with Crippen molar-refractivity contribution in [3.63, 3.8) is 0 Å². The highest BCUT2D eigenvalue weighted by Crippen LogP contribution is 2.28. The normalized spacial score (nSPS) is 14.4. The Kier molecular flexibility index (Phi) is 6.56. The van der Waals surface area contributed by atoms with Crippen LogP contribution in [0.3, 0.4) is 0 Å². The lowest BCUT2D eigenvalue weighted by Gasteiger charge is -2.30. The molecule has 0 spiro atoms. The summed E-state index contributed by atoms with van der Waals surface area (Å²) >= 11 is 0. The Bertz CT molecular complexity index is 689. The van der Waals surface area contributed by atoms with Gasteiger partial charge in [0.15, 0.2) is 0 Å². The minimum absolute atomic E-state index is 0.0806. The molecule has 2 aromatic carbocycles. The van der Waals surface area contributed by atoms with E-state index in [9.17, 15) is 15.0 Å². The van der Waals surface area contributed by atoms with Gasteiger partial charge in [-0.2, -0.15) is 0 Å². The van der Waals surface area contributed by atoms with E-state index >= 15 is 0 Å². The summed E-state index contributed by atoms with van der Waals surface area (Å²) in [4.78, 5) is 14.0. The van der Waals surface area contributed by atoms with E-state index in [1.807, 2.05) is 30.3 Å². The fourth-order valence-corrected chi connectivity index (χ4v) is 2.73. The SMILES string of the molecule is COc1ccccc1[C@H](O)CC(=O)N(C)[C@@H](C)[C@@H](O)c1ccccc1. The van der Waals surface area contributed by atoms with Gasteiger partial charge in [0.05, 0.1) is 31.8 Å². The summed E-state index contributed by atoms with van der Waals surface area (Å²) in [7, 11) is 3.16. The van der Waals surface area contributed by atoms with Crippen LogP contribution in [0.4, 0.5) is 0 Å². The van der Waals surface area contributed by atoms with Crippen molar-refractivity contribution in [2.24, 2.45) is 0 Å². The summed E-state index contributed by atoms with van der Waals surface area (Å²) in [5, 5.41) is 20.9. The number of likely N-dealkylation sites (N-methyl/N-ethyl adjacent to an activating group) is 1. The lowest BCUT2D eigenvalue weighted by molar-refractivity contribution is -0.136. The molecule has 2 rings (SSSR count). The van der Waals surface area contributed by atoms with Crippen LogP contribution in [-0.2, 0) is 4.79 Å². The van der Waals surface area contributed by atoms with Crippen molar-refractivity contribution < 1.29 is 19.7 Å². The number of carbonyl (C=O) groups excluding carboxylic acids is 1. The molecule has 0 bridgehead atoms. The quantitative estimate of drug-likeness (QED) is 0.811. The van der Waals surface area contributed by atoms with Crippen molar-refractivity contribution in [1.29, 1.82) is 0 Å². The molecule has 2 aromatic rings. The number of hydrogen-bond acceptors (Lipinski definition) is 4. The molecule has 1 amide bonds. The number of methoxy groups -OCH3 is 1.